The summed E-state index contributed by atoms with van der Waals surface area (Å²) in [5.74, 6) is -1.67. The minimum atomic E-state index is -0.966. The Bertz CT molecular complexity index is 1370. The number of aliphatic hydroxyl groups is 1. The fourth-order valence-corrected chi connectivity index (χ4v) is 4.91. The van der Waals surface area contributed by atoms with Crippen molar-refractivity contribution in [3.05, 3.63) is 99.9 Å². The van der Waals surface area contributed by atoms with E-state index in [1.54, 1.807) is 25.1 Å². The van der Waals surface area contributed by atoms with E-state index in [2.05, 4.69) is 21.9 Å². The minimum Gasteiger partial charge on any atom is -0.508 e. The smallest absolute Gasteiger partial charge is 0.317 e. The Morgan fingerprint density at radius 2 is 1.95 bits per heavy atom. The summed E-state index contributed by atoms with van der Waals surface area (Å²) in [5, 5.41) is 22.2. The molecule has 0 aliphatic heterocycles. The van der Waals surface area contributed by atoms with Gasteiger partial charge < -0.3 is 15.5 Å². The van der Waals surface area contributed by atoms with Crippen molar-refractivity contribution in [2.45, 2.75) is 45.8 Å². The van der Waals surface area contributed by atoms with Gasteiger partial charge in [-0.1, -0.05) is 30.8 Å². The van der Waals surface area contributed by atoms with E-state index in [1.807, 2.05) is 24.0 Å². The van der Waals surface area contributed by atoms with E-state index < -0.39 is 11.9 Å². The molecular weight excluding hydrogens is 475 g/mol. The zero-order valence-corrected chi connectivity index (χ0v) is 20.8. The Kier molecular flexibility index (Phi) is 7.63. The number of carboxylic acid groups (broad SMARTS) is 1. The lowest BCUT2D eigenvalue weighted by molar-refractivity contribution is -0.139. The standard InChI is InChI=1S/C28H29FN4O4/c1-16-10-19(4-8-24(16)29)12-30-28(37)25-11-20(31-15-32-25)13-33(14-27(35)36)26-9-7-22-17(2)21(18(3)34)5-6-23(22)26/h4-6,8,10-11,15,26,34H,3,7,9,12-14H2,1-2H3,(H,30,37)(H,35,36)/t26-/m0/s1. The predicted molar refractivity (Wildman–Crippen MR) is 136 cm³/mol. The van der Waals surface area contributed by atoms with Gasteiger partial charge in [0.15, 0.2) is 0 Å². The van der Waals surface area contributed by atoms with Gasteiger partial charge in [0.1, 0.15) is 23.6 Å². The fraction of sp³-hybridized carbons (Fsp3) is 0.286. The molecule has 1 aliphatic rings. The second kappa shape index (κ2) is 10.9. The molecule has 1 heterocycles. The van der Waals surface area contributed by atoms with Gasteiger partial charge in [0.25, 0.3) is 5.91 Å². The summed E-state index contributed by atoms with van der Waals surface area (Å²) in [7, 11) is 0. The Morgan fingerprint density at radius 1 is 1.16 bits per heavy atom. The highest BCUT2D eigenvalue weighted by atomic mass is 19.1. The second-order valence-corrected chi connectivity index (χ2v) is 9.27. The molecule has 192 valence electrons. The molecule has 0 bridgehead atoms. The summed E-state index contributed by atoms with van der Waals surface area (Å²) in [6, 6.07) is 9.77. The van der Waals surface area contributed by atoms with Crippen LogP contribution in [0.3, 0.4) is 0 Å². The maximum atomic E-state index is 13.5. The lowest BCUT2D eigenvalue weighted by Gasteiger charge is -2.28. The van der Waals surface area contributed by atoms with Crippen LogP contribution in [0, 0.1) is 19.7 Å². The Morgan fingerprint density at radius 3 is 2.65 bits per heavy atom. The molecule has 0 unspecified atom stereocenters. The SMILES string of the molecule is C=C(O)c1ccc2c(c1C)CC[C@@H]2N(CC(=O)O)Cc1cc(C(=O)NCc2ccc(F)c(C)c2)ncn1. The topological polar surface area (TPSA) is 116 Å². The van der Waals surface area contributed by atoms with Crippen molar-refractivity contribution in [1.29, 1.82) is 0 Å². The zero-order valence-electron chi connectivity index (χ0n) is 20.8. The highest BCUT2D eigenvalue weighted by molar-refractivity contribution is 5.92. The van der Waals surface area contributed by atoms with Gasteiger partial charge in [0.2, 0.25) is 0 Å². The third kappa shape index (κ3) is 5.83. The number of nitrogens with one attached hydrogen (secondary N) is 1. The number of carbonyl (C=O) groups excluding carboxylic acids is 1. The summed E-state index contributed by atoms with van der Waals surface area (Å²) in [4.78, 5) is 34.6. The number of amides is 1. The van der Waals surface area contributed by atoms with E-state index >= 15 is 0 Å². The van der Waals surface area contributed by atoms with Gasteiger partial charge in [-0.3, -0.25) is 14.5 Å². The number of nitrogens with zero attached hydrogens (tertiary/aromatic N) is 3. The van der Waals surface area contributed by atoms with Crippen LogP contribution < -0.4 is 5.32 Å². The number of rotatable bonds is 9. The molecule has 1 aliphatic carbocycles. The Labute approximate surface area is 214 Å². The number of aliphatic hydroxyl groups excluding tert-OH is 1. The lowest BCUT2D eigenvalue weighted by atomic mass is 9.96. The number of carbonyl (C=O) groups is 2. The van der Waals surface area contributed by atoms with Gasteiger partial charge in [0, 0.05) is 24.7 Å². The second-order valence-electron chi connectivity index (χ2n) is 9.27. The number of aliphatic carboxylic acids is 1. The number of aryl methyl sites for hydroxylation is 1. The van der Waals surface area contributed by atoms with Gasteiger partial charge in [0.05, 0.1) is 12.2 Å². The molecule has 1 aromatic heterocycles. The third-order valence-electron chi connectivity index (χ3n) is 6.75. The molecule has 37 heavy (non-hydrogen) atoms. The summed E-state index contributed by atoms with van der Waals surface area (Å²) < 4.78 is 13.5. The van der Waals surface area contributed by atoms with Crippen LogP contribution in [-0.2, 0) is 24.3 Å². The molecule has 8 nitrogen and oxygen atoms in total. The van der Waals surface area contributed by atoms with Crippen LogP contribution in [0.4, 0.5) is 4.39 Å². The van der Waals surface area contributed by atoms with E-state index in [1.165, 1.54) is 12.4 Å². The van der Waals surface area contributed by atoms with Crippen LogP contribution in [0.1, 0.15) is 62.0 Å². The number of benzene rings is 2. The minimum absolute atomic E-state index is 0.00694. The lowest BCUT2D eigenvalue weighted by Crippen LogP contribution is -2.33. The maximum Gasteiger partial charge on any atom is 0.317 e. The summed E-state index contributed by atoms with van der Waals surface area (Å²) in [6.07, 6.45) is 2.76. The normalized spacial score (nSPS) is 14.4. The van der Waals surface area contributed by atoms with Gasteiger partial charge in [-0.25, -0.2) is 14.4 Å². The molecule has 0 fully saturated rings. The molecular formula is C28H29FN4O4. The number of fused-ring (bicyclic) bond motifs is 1. The first kappa shape index (κ1) is 26.0. The molecule has 9 heteroatoms. The molecule has 3 aromatic rings. The van der Waals surface area contributed by atoms with E-state index in [9.17, 15) is 24.2 Å². The van der Waals surface area contributed by atoms with Crippen molar-refractivity contribution < 1.29 is 24.2 Å². The first-order valence-electron chi connectivity index (χ1n) is 11.9. The fourth-order valence-electron chi connectivity index (χ4n) is 4.91. The monoisotopic (exact) mass is 504 g/mol. The van der Waals surface area contributed by atoms with Crippen LogP contribution in [0.15, 0.2) is 49.3 Å². The summed E-state index contributed by atoms with van der Waals surface area (Å²) in [6.45, 7) is 7.44. The van der Waals surface area contributed by atoms with Crippen LogP contribution >= 0.6 is 0 Å². The van der Waals surface area contributed by atoms with Crippen LogP contribution in [0.25, 0.3) is 5.76 Å². The summed E-state index contributed by atoms with van der Waals surface area (Å²) >= 11 is 0. The first-order chi connectivity index (χ1) is 17.6. The number of aromatic nitrogens is 2. The van der Waals surface area contributed by atoms with Crippen molar-refractivity contribution in [3.8, 4) is 0 Å². The number of hydrogen-bond acceptors (Lipinski definition) is 6. The molecule has 1 atom stereocenters. The number of hydrogen-bond donors (Lipinski definition) is 3. The highest BCUT2D eigenvalue weighted by Crippen LogP contribution is 2.39. The quantitative estimate of drug-likeness (QED) is 0.373. The maximum absolute atomic E-state index is 13.5. The highest BCUT2D eigenvalue weighted by Gasteiger charge is 2.31. The van der Waals surface area contributed by atoms with Crippen molar-refractivity contribution in [1.82, 2.24) is 20.2 Å². The average Bonchev–Trinajstić information content (AvgIpc) is 3.29. The Hall–Kier alpha value is -4.11. The predicted octanol–water partition coefficient (Wildman–Crippen LogP) is 4.27. The van der Waals surface area contributed by atoms with Gasteiger partial charge in [-0.05, 0) is 66.6 Å². The van der Waals surface area contributed by atoms with E-state index in [0.717, 1.165) is 35.1 Å². The number of halogens is 1. The van der Waals surface area contributed by atoms with Gasteiger partial charge >= 0.3 is 5.97 Å². The average molecular weight is 505 g/mol. The number of carboxylic acids is 1. The molecule has 0 spiro atoms. The summed E-state index contributed by atoms with van der Waals surface area (Å²) in [5.41, 5.74) is 5.68. The van der Waals surface area contributed by atoms with Crippen LogP contribution in [0.2, 0.25) is 0 Å². The van der Waals surface area contributed by atoms with Gasteiger partial charge in [-0.15, -0.1) is 0 Å². The van der Waals surface area contributed by atoms with E-state index in [0.29, 0.717) is 16.8 Å². The van der Waals surface area contributed by atoms with Crippen molar-refractivity contribution in [2.24, 2.45) is 0 Å². The molecule has 0 saturated carbocycles. The molecule has 2 aromatic carbocycles. The molecule has 4 rings (SSSR count). The molecule has 1 amide bonds. The molecule has 3 N–H and O–H groups in total. The van der Waals surface area contributed by atoms with Crippen molar-refractivity contribution >= 4 is 17.6 Å². The van der Waals surface area contributed by atoms with Crippen molar-refractivity contribution in [2.75, 3.05) is 6.54 Å². The Balaban J connectivity index is 1.51. The van der Waals surface area contributed by atoms with Crippen molar-refractivity contribution in [3.63, 3.8) is 0 Å². The van der Waals surface area contributed by atoms with Crippen LogP contribution in [-0.4, -0.2) is 43.5 Å². The zero-order chi connectivity index (χ0) is 26.7. The first-order valence-corrected chi connectivity index (χ1v) is 11.9. The third-order valence-corrected chi connectivity index (χ3v) is 6.75. The molecule has 0 radical (unpaired) electrons. The van der Waals surface area contributed by atoms with Crippen LogP contribution in [0.5, 0.6) is 0 Å². The van der Waals surface area contributed by atoms with Gasteiger partial charge in [-0.2, -0.15) is 0 Å². The van der Waals surface area contributed by atoms with E-state index in [-0.39, 0.29) is 42.9 Å². The largest absolute Gasteiger partial charge is 0.508 e. The van der Waals surface area contributed by atoms with E-state index in [4.69, 9.17) is 0 Å². The molecule has 0 saturated heterocycles.